The van der Waals surface area contributed by atoms with Gasteiger partial charge in [-0.25, -0.2) is 0 Å². The third kappa shape index (κ3) is 3.87. The molecule has 0 bridgehead atoms. The first-order valence-corrected chi connectivity index (χ1v) is 6.17. The zero-order chi connectivity index (χ0) is 13.4. The van der Waals surface area contributed by atoms with Crippen LogP contribution in [0.4, 0.5) is 11.9 Å². The van der Waals surface area contributed by atoms with Crippen LogP contribution in [-0.2, 0) is 0 Å². The fourth-order valence-electron chi connectivity index (χ4n) is 1.39. The highest BCUT2D eigenvalue weighted by atomic mass is 16.5. The minimum Gasteiger partial charge on any atom is -0.459 e. The summed E-state index contributed by atoms with van der Waals surface area (Å²) in [5, 5.41) is 2.91. The summed E-state index contributed by atoms with van der Waals surface area (Å²) in [5.74, 6) is 1.15. The average Bonchev–Trinajstić information content (AvgIpc) is 2.40. The van der Waals surface area contributed by atoms with Crippen LogP contribution in [0.2, 0.25) is 0 Å². The Kier molecular flexibility index (Phi) is 5.90. The Morgan fingerprint density at radius 1 is 1.22 bits per heavy atom. The molecule has 0 aliphatic rings. The second kappa shape index (κ2) is 7.47. The van der Waals surface area contributed by atoms with Crippen LogP contribution in [0.5, 0.6) is 6.01 Å². The second-order valence-corrected chi connectivity index (χ2v) is 3.54. The molecule has 0 unspecified atom stereocenters. The molecule has 0 spiro atoms. The van der Waals surface area contributed by atoms with Crippen molar-refractivity contribution in [2.45, 2.75) is 20.8 Å². The van der Waals surface area contributed by atoms with Crippen LogP contribution in [0.25, 0.3) is 0 Å². The van der Waals surface area contributed by atoms with Crippen LogP contribution in [0.1, 0.15) is 20.8 Å². The number of anilines is 2. The van der Waals surface area contributed by atoms with E-state index in [9.17, 15) is 0 Å². The second-order valence-electron chi connectivity index (χ2n) is 3.54. The molecule has 1 rings (SSSR count). The largest absolute Gasteiger partial charge is 0.459 e. The zero-order valence-electron chi connectivity index (χ0n) is 11.5. The van der Waals surface area contributed by atoms with Crippen molar-refractivity contribution >= 4 is 11.9 Å². The number of rotatable bonds is 7. The Morgan fingerprint density at radius 2 is 1.94 bits per heavy atom. The Labute approximate surface area is 108 Å². The van der Waals surface area contributed by atoms with Gasteiger partial charge in [0.25, 0.3) is 0 Å². The molecular weight excluding hydrogens is 230 g/mol. The van der Waals surface area contributed by atoms with Gasteiger partial charge in [0.15, 0.2) is 0 Å². The molecule has 0 amide bonds. The van der Waals surface area contributed by atoms with Gasteiger partial charge in [-0.15, -0.1) is 0 Å². The predicted molar refractivity (Wildman–Crippen MR) is 73.2 cm³/mol. The molecule has 0 aliphatic heterocycles. The van der Waals surface area contributed by atoms with Gasteiger partial charge in [0.05, 0.1) is 0 Å². The standard InChI is InChI=1S/C12H21N5O/c1-5-8-9-18-12-15-10(13-4)14-11(16-12)17(6-2)7-3/h5,8H,6-7,9H2,1-4H3,(H,13,14,15,16)/b8-5+. The zero-order valence-corrected chi connectivity index (χ0v) is 11.5. The minimum atomic E-state index is 0.342. The number of hydrogen-bond donors (Lipinski definition) is 1. The number of nitrogens with one attached hydrogen (secondary N) is 1. The molecule has 1 N–H and O–H groups in total. The summed E-state index contributed by atoms with van der Waals surface area (Å²) in [6.45, 7) is 8.22. The summed E-state index contributed by atoms with van der Waals surface area (Å²) >= 11 is 0. The molecule has 0 fully saturated rings. The Morgan fingerprint density at radius 3 is 2.50 bits per heavy atom. The highest BCUT2D eigenvalue weighted by molar-refractivity contribution is 5.37. The van der Waals surface area contributed by atoms with Crippen molar-refractivity contribution in [1.82, 2.24) is 15.0 Å². The first kappa shape index (κ1) is 14.2. The van der Waals surface area contributed by atoms with E-state index < -0.39 is 0 Å². The summed E-state index contributed by atoms with van der Waals surface area (Å²) in [5.41, 5.74) is 0. The monoisotopic (exact) mass is 251 g/mol. The molecule has 0 aromatic carbocycles. The van der Waals surface area contributed by atoms with Crippen molar-refractivity contribution in [2.75, 3.05) is 37.0 Å². The van der Waals surface area contributed by atoms with Crippen LogP contribution in [0.3, 0.4) is 0 Å². The molecule has 1 aromatic rings. The van der Waals surface area contributed by atoms with Crippen molar-refractivity contribution in [3.05, 3.63) is 12.2 Å². The van der Waals surface area contributed by atoms with Gasteiger partial charge < -0.3 is 15.0 Å². The molecule has 1 heterocycles. The molecule has 6 heteroatoms. The summed E-state index contributed by atoms with van der Waals surface area (Å²) in [7, 11) is 1.77. The van der Waals surface area contributed by atoms with E-state index in [1.54, 1.807) is 7.05 Å². The van der Waals surface area contributed by atoms with E-state index in [-0.39, 0.29) is 0 Å². The van der Waals surface area contributed by atoms with E-state index in [0.29, 0.717) is 24.5 Å². The fourth-order valence-corrected chi connectivity index (χ4v) is 1.39. The van der Waals surface area contributed by atoms with E-state index in [4.69, 9.17) is 4.74 Å². The van der Waals surface area contributed by atoms with Crippen molar-refractivity contribution < 1.29 is 4.74 Å². The number of hydrogen-bond acceptors (Lipinski definition) is 6. The summed E-state index contributed by atoms with van der Waals surface area (Å²) < 4.78 is 5.45. The smallest absolute Gasteiger partial charge is 0.323 e. The number of nitrogens with zero attached hydrogens (tertiary/aromatic N) is 4. The van der Waals surface area contributed by atoms with Crippen LogP contribution < -0.4 is 15.0 Å². The van der Waals surface area contributed by atoms with Crippen molar-refractivity contribution in [3.8, 4) is 6.01 Å². The normalized spacial score (nSPS) is 10.7. The van der Waals surface area contributed by atoms with E-state index >= 15 is 0 Å². The van der Waals surface area contributed by atoms with E-state index in [1.165, 1.54) is 0 Å². The van der Waals surface area contributed by atoms with Gasteiger partial charge in [-0.2, -0.15) is 15.0 Å². The van der Waals surface area contributed by atoms with Crippen molar-refractivity contribution in [3.63, 3.8) is 0 Å². The average molecular weight is 251 g/mol. The van der Waals surface area contributed by atoms with Crippen molar-refractivity contribution in [1.29, 1.82) is 0 Å². The van der Waals surface area contributed by atoms with Crippen molar-refractivity contribution in [2.24, 2.45) is 0 Å². The predicted octanol–water partition coefficient (Wildman–Crippen LogP) is 1.71. The van der Waals surface area contributed by atoms with Crippen LogP contribution >= 0.6 is 0 Å². The maximum absolute atomic E-state index is 5.45. The number of allylic oxidation sites excluding steroid dienone is 1. The van der Waals surface area contributed by atoms with E-state index in [2.05, 4.69) is 34.1 Å². The van der Waals surface area contributed by atoms with Gasteiger partial charge in [-0.3, -0.25) is 0 Å². The fraction of sp³-hybridized carbons (Fsp3) is 0.583. The Balaban J connectivity index is 2.93. The topological polar surface area (TPSA) is 63.2 Å². The van der Waals surface area contributed by atoms with Gasteiger partial charge in [0.1, 0.15) is 6.61 Å². The molecule has 0 radical (unpaired) electrons. The molecule has 18 heavy (non-hydrogen) atoms. The SMILES string of the molecule is C/C=C/COc1nc(NC)nc(N(CC)CC)n1. The first-order valence-electron chi connectivity index (χ1n) is 6.17. The number of ether oxygens (including phenoxy) is 1. The van der Waals surface area contributed by atoms with Gasteiger partial charge in [0, 0.05) is 20.1 Å². The van der Waals surface area contributed by atoms with Crippen LogP contribution in [-0.4, -0.2) is 41.7 Å². The van der Waals surface area contributed by atoms with Gasteiger partial charge >= 0.3 is 6.01 Å². The van der Waals surface area contributed by atoms with Gasteiger partial charge in [0.2, 0.25) is 11.9 Å². The maximum atomic E-state index is 5.45. The highest BCUT2D eigenvalue weighted by Crippen LogP contribution is 2.14. The molecule has 0 saturated heterocycles. The van der Waals surface area contributed by atoms with Crippen LogP contribution in [0, 0.1) is 0 Å². The lowest BCUT2D eigenvalue weighted by atomic mass is 10.5. The summed E-state index contributed by atoms with van der Waals surface area (Å²) in [4.78, 5) is 14.8. The number of aromatic nitrogens is 3. The summed E-state index contributed by atoms with van der Waals surface area (Å²) in [6.07, 6.45) is 3.82. The lowest BCUT2D eigenvalue weighted by Crippen LogP contribution is -2.25. The summed E-state index contributed by atoms with van der Waals surface area (Å²) in [6, 6.07) is 0.342. The highest BCUT2D eigenvalue weighted by Gasteiger charge is 2.10. The molecular formula is C12H21N5O. The molecule has 6 nitrogen and oxygen atoms in total. The van der Waals surface area contributed by atoms with Gasteiger partial charge in [-0.1, -0.05) is 12.2 Å². The molecule has 1 aromatic heterocycles. The quantitative estimate of drug-likeness (QED) is 0.744. The van der Waals surface area contributed by atoms with E-state index in [1.807, 2.05) is 24.0 Å². The molecule has 0 aliphatic carbocycles. The minimum absolute atomic E-state index is 0.342. The Hall–Kier alpha value is -1.85. The lowest BCUT2D eigenvalue weighted by molar-refractivity contribution is 0.332. The maximum Gasteiger partial charge on any atom is 0.323 e. The lowest BCUT2D eigenvalue weighted by Gasteiger charge is -2.19. The molecule has 100 valence electrons. The molecule has 0 atom stereocenters. The Bertz CT molecular complexity index is 390. The molecule has 0 saturated carbocycles. The third-order valence-electron chi connectivity index (χ3n) is 2.42. The van der Waals surface area contributed by atoms with E-state index in [0.717, 1.165) is 13.1 Å². The first-order chi connectivity index (χ1) is 8.74. The third-order valence-corrected chi connectivity index (χ3v) is 2.42. The van der Waals surface area contributed by atoms with Crippen LogP contribution in [0.15, 0.2) is 12.2 Å². The van der Waals surface area contributed by atoms with Gasteiger partial charge in [-0.05, 0) is 20.8 Å².